The zero-order chi connectivity index (χ0) is 11.2. The number of carbonyl (C=O) groups excluding carboxylic acids is 1. The molecule has 0 aromatic heterocycles. The third kappa shape index (κ3) is 1.50. The van der Waals surface area contributed by atoms with Crippen molar-refractivity contribution in [2.75, 3.05) is 0 Å². The molecule has 1 aromatic rings. The van der Waals surface area contributed by atoms with Crippen LogP contribution >= 0.6 is 0 Å². The fourth-order valence-corrected chi connectivity index (χ4v) is 2.88. The molecular weight excluding hydrogens is 184 g/mol. The second kappa shape index (κ2) is 3.19. The van der Waals surface area contributed by atoms with Crippen LogP contribution in [0.25, 0.3) is 0 Å². The molecule has 1 nitrogen and oxygen atoms in total. The highest BCUT2D eigenvalue weighted by atomic mass is 16.1. The minimum atomic E-state index is 0.127. The van der Waals surface area contributed by atoms with Gasteiger partial charge in [0.15, 0.2) is 5.78 Å². The number of hydrogen-bond acceptors (Lipinski definition) is 1. The molecule has 1 aliphatic rings. The Bertz CT molecular complexity index is 398. The Morgan fingerprint density at radius 2 is 1.73 bits per heavy atom. The second-order valence-corrected chi connectivity index (χ2v) is 5.58. The number of hydrogen-bond donors (Lipinski definition) is 0. The average Bonchev–Trinajstić information content (AvgIpc) is 2.39. The van der Waals surface area contributed by atoms with Crippen molar-refractivity contribution in [3.8, 4) is 0 Å². The number of benzene rings is 1. The molecule has 1 aromatic carbocycles. The van der Waals surface area contributed by atoms with Gasteiger partial charge in [0.05, 0.1) is 0 Å². The summed E-state index contributed by atoms with van der Waals surface area (Å²) in [6.45, 7) is 8.69. The first-order valence-corrected chi connectivity index (χ1v) is 5.56. The molecule has 0 heterocycles. The smallest absolute Gasteiger partial charge is 0.166 e. The van der Waals surface area contributed by atoms with Crippen LogP contribution < -0.4 is 0 Å². The van der Waals surface area contributed by atoms with Gasteiger partial charge in [-0.05, 0) is 16.9 Å². The third-order valence-electron chi connectivity index (χ3n) is 3.41. The normalized spacial score (nSPS) is 25.5. The van der Waals surface area contributed by atoms with E-state index in [1.54, 1.807) is 0 Å². The van der Waals surface area contributed by atoms with Crippen molar-refractivity contribution in [2.45, 2.75) is 33.6 Å². The molecule has 0 bridgehead atoms. The van der Waals surface area contributed by atoms with Gasteiger partial charge in [-0.2, -0.15) is 0 Å². The van der Waals surface area contributed by atoms with Crippen molar-refractivity contribution < 1.29 is 4.79 Å². The summed E-state index contributed by atoms with van der Waals surface area (Å²) in [6, 6.07) is 8.05. The highest BCUT2D eigenvalue weighted by Crippen LogP contribution is 2.47. The van der Waals surface area contributed by atoms with Gasteiger partial charge in [-0.25, -0.2) is 0 Å². The van der Waals surface area contributed by atoms with Crippen LogP contribution in [-0.2, 0) is 0 Å². The van der Waals surface area contributed by atoms with Crippen LogP contribution in [0.3, 0.4) is 0 Å². The van der Waals surface area contributed by atoms with E-state index in [0.29, 0.717) is 11.7 Å². The zero-order valence-electron chi connectivity index (χ0n) is 9.87. The summed E-state index contributed by atoms with van der Waals surface area (Å²) in [7, 11) is 0. The van der Waals surface area contributed by atoms with E-state index in [1.165, 1.54) is 5.56 Å². The molecule has 0 aliphatic heterocycles. The molecule has 15 heavy (non-hydrogen) atoms. The van der Waals surface area contributed by atoms with Gasteiger partial charge < -0.3 is 0 Å². The van der Waals surface area contributed by atoms with Gasteiger partial charge in [0.25, 0.3) is 0 Å². The molecule has 0 amide bonds. The lowest BCUT2D eigenvalue weighted by atomic mass is 9.73. The molecule has 0 fully saturated rings. The maximum atomic E-state index is 12.1. The predicted molar refractivity (Wildman–Crippen MR) is 62.1 cm³/mol. The highest BCUT2D eigenvalue weighted by Gasteiger charge is 2.42. The summed E-state index contributed by atoms with van der Waals surface area (Å²) in [5.41, 5.74) is 2.33. The van der Waals surface area contributed by atoms with Crippen LogP contribution in [0, 0.1) is 11.3 Å². The third-order valence-corrected chi connectivity index (χ3v) is 3.41. The molecule has 0 radical (unpaired) electrons. The molecule has 0 spiro atoms. The van der Waals surface area contributed by atoms with Crippen LogP contribution in [0.1, 0.15) is 49.5 Å². The zero-order valence-corrected chi connectivity index (χ0v) is 9.87. The van der Waals surface area contributed by atoms with E-state index in [0.717, 1.165) is 5.56 Å². The Morgan fingerprint density at radius 1 is 1.13 bits per heavy atom. The van der Waals surface area contributed by atoms with Crippen LogP contribution in [0.15, 0.2) is 24.3 Å². The number of Topliss-reactive ketones (excluding diaryl/α,β-unsaturated/α-hetero) is 1. The monoisotopic (exact) mass is 202 g/mol. The molecular formula is C14H18O. The van der Waals surface area contributed by atoms with Gasteiger partial charge in [-0.1, -0.05) is 52.0 Å². The van der Waals surface area contributed by atoms with E-state index in [-0.39, 0.29) is 11.3 Å². The van der Waals surface area contributed by atoms with Gasteiger partial charge in [0.2, 0.25) is 0 Å². The molecule has 0 saturated heterocycles. The first-order chi connectivity index (χ1) is 6.93. The standard InChI is InChI=1S/C14H18O/c1-9-12(14(2,3)4)10-7-5-6-8-11(10)13(9)15/h5-9,12H,1-4H3. The molecule has 2 unspecified atom stereocenters. The molecule has 80 valence electrons. The molecule has 2 atom stereocenters. The predicted octanol–water partition coefficient (Wildman–Crippen LogP) is 3.65. The topological polar surface area (TPSA) is 17.1 Å². The van der Waals surface area contributed by atoms with Gasteiger partial charge in [-0.15, -0.1) is 0 Å². The van der Waals surface area contributed by atoms with Crippen LogP contribution in [0.2, 0.25) is 0 Å². The minimum absolute atomic E-state index is 0.127. The van der Waals surface area contributed by atoms with Crippen molar-refractivity contribution in [1.82, 2.24) is 0 Å². The van der Waals surface area contributed by atoms with Crippen molar-refractivity contribution in [3.05, 3.63) is 35.4 Å². The minimum Gasteiger partial charge on any atom is -0.294 e. The van der Waals surface area contributed by atoms with E-state index in [4.69, 9.17) is 0 Å². The summed E-state index contributed by atoms with van der Waals surface area (Å²) < 4.78 is 0. The SMILES string of the molecule is CC1C(=O)c2ccccc2C1C(C)(C)C. The number of ketones is 1. The summed E-state index contributed by atoms with van der Waals surface area (Å²) in [5, 5.41) is 0. The molecule has 0 N–H and O–H groups in total. The van der Waals surface area contributed by atoms with Gasteiger partial charge >= 0.3 is 0 Å². The van der Waals surface area contributed by atoms with E-state index in [2.05, 4.69) is 33.8 Å². The Kier molecular flexibility index (Phi) is 2.22. The van der Waals surface area contributed by atoms with Crippen LogP contribution in [0.4, 0.5) is 0 Å². The van der Waals surface area contributed by atoms with Crippen molar-refractivity contribution >= 4 is 5.78 Å². The number of carbonyl (C=O) groups is 1. The average molecular weight is 202 g/mol. The maximum Gasteiger partial charge on any atom is 0.166 e. The molecule has 0 saturated carbocycles. The van der Waals surface area contributed by atoms with Crippen molar-refractivity contribution in [2.24, 2.45) is 11.3 Å². The van der Waals surface area contributed by atoms with E-state index >= 15 is 0 Å². The summed E-state index contributed by atoms with van der Waals surface area (Å²) >= 11 is 0. The van der Waals surface area contributed by atoms with E-state index in [1.807, 2.05) is 18.2 Å². The number of rotatable bonds is 0. The van der Waals surface area contributed by atoms with E-state index in [9.17, 15) is 4.79 Å². The molecule has 1 heteroatoms. The second-order valence-electron chi connectivity index (χ2n) is 5.58. The highest BCUT2D eigenvalue weighted by molar-refractivity contribution is 6.03. The van der Waals surface area contributed by atoms with Gasteiger partial charge in [-0.3, -0.25) is 4.79 Å². The van der Waals surface area contributed by atoms with Crippen LogP contribution in [0.5, 0.6) is 0 Å². The summed E-state index contributed by atoms with van der Waals surface area (Å²) in [4.78, 5) is 12.1. The Morgan fingerprint density at radius 3 is 2.33 bits per heavy atom. The van der Waals surface area contributed by atoms with Crippen molar-refractivity contribution in [3.63, 3.8) is 0 Å². The molecule has 2 rings (SSSR count). The lowest BCUT2D eigenvalue weighted by Gasteiger charge is -2.30. The summed E-state index contributed by atoms with van der Waals surface area (Å²) in [6.07, 6.45) is 0. The first kappa shape index (κ1) is 10.4. The lowest BCUT2D eigenvalue weighted by molar-refractivity contribution is 0.0903. The molecule has 1 aliphatic carbocycles. The lowest BCUT2D eigenvalue weighted by Crippen LogP contribution is -2.23. The fraction of sp³-hybridized carbons (Fsp3) is 0.500. The van der Waals surface area contributed by atoms with Crippen molar-refractivity contribution in [1.29, 1.82) is 0 Å². The quantitative estimate of drug-likeness (QED) is 0.627. The van der Waals surface area contributed by atoms with Crippen LogP contribution in [-0.4, -0.2) is 5.78 Å². The van der Waals surface area contributed by atoms with Gasteiger partial charge in [0, 0.05) is 11.5 Å². The fourth-order valence-electron chi connectivity index (χ4n) is 2.88. The van der Waals surface area contributed by atoms with E-state index < -0.39 is 0 Å². The largest absolute Gasteiger partial charge is 0.294 e. The first-order valence-electron chi connectivity index (χ1n) is 5.56. The Labute approximate surface area is 91.5 Å². The Hall–Kier alpha value is -1.11. The summed E-state index contributed by atoms with van der Waals surface area (Å²) in [5.74, 6) is 0.800. The maximum absolute atomic E-state index is 12.1. The number of fused-ring (bicyclic) bond motifs is 1. The van der Waals surface area contributed by atoms with Gasteiger partial charge in [0.1, 0.15) is 0 Å². The Balaban J connectivity index is 2.57.